The highest BCUT2D eigenvalue weighted by Crippen LogP contribution is 2.30. The van der Waals surface area contributed by atoms with Crippen LogP contribution in [0.3, 0.4) is 0 Å². The Balaban J connectivity index is 2.28. The monoisotopic (exact) mass is 267 g/mol. The van der Waals surface area contributed by atoms with Crippen molar-refractivity contribution >= 4 is 15.5 Å². The van der Waals surface area contributed by atoms with E-state index in [1.165, 1.54) is 12.8 Å². The van der Waals surface area contributed by atoms with Crippen LogP contribution in [0.4, 0.5) is 5.69 Å². The summed E-state index contributed by atoms with van der Waals surface area (Å²) in [6.07, 6.45) is 3.57. The van der Waals surface area contributed by atoms with Gasteiger partial charge in [-0.2, -0.15) is 0 Å². The summed E-state index contributed by atoms with van der Waals surface area (Å²) in [7, 11) is -3.15. The maximum Gasteiger partial charge on any atom is 0.180 e. The fourth-order valence-corrected chi connectivity index (χ4v) is 3.63. The topological polar surface area (TPSA) is 46.2 Å². The van der Waals surface area contributed by atoms with Crippen molar-refractivity contribution in [1.82, 2.24) is 0 Å². The van der Waals surface area contributed by atoms with Crippen molar-refractivity contribution in [2.24, 2.45) is 5.92 Å². The highest BCUT2D eigenvalue weighted by molar-refractivity contribution is 7.91. The minimum absolute atomic E-state index is 0.145. The van der Waals surface area contributed by atoms with Gasteiger partial charge < -0.3 is 5.32 Å². The van der Waals surface area contributed by atoms with Crippen LogP contribution in [0.1, 0.15) is 33.1 Å². The Hall–Kier alpha value is -1.03. The van der Waals surface area contributed by atoms with Crippen LogP contribution in [0.5, 0.6) is 0 Å². The summed E-state index contributed by atoms with van der Waals surface area (Å²) in [5.74, 6) is 0.758. The van der Waals surface area contributed by atoms with Gasteiger partial charge in [0.1, 0.15) is 0 Å². The van der Waals surface area contributed by atoms with Crippen molar-refractivity contribution in [2.75, 3.05) is 11.1 Å². The zero-order chi connectivity index (χ0) is 13.2. The maximum atomic E-state index is 12.0. The molecular weight excluding hydrogens is 246 g/mol. The standard InChI is InChI=1S/C14H21NO2S/c1-3-18(16,17)14-10-5-4-8-13(14)15-12-9-6-7-11(12)2/h4-5,8,10-12,15H,3,6-7,9H2,1-2H3. The average molecular weight is 267 g/mol. The van der Waals surface area contributed by atoms with E-state index in [2.05, 4.69) is 12.2 Å². The first-order valence-electron chi connectivity index (χ1n) is 6.63. The molecule has 18 heavy (non-hydrogen) atoms. The molecule has 0 bridgehead atoms. The van der Waals surface area contributed by atoms with Gasteiger partial charge in [0.05, 0.1) is 16.3 Å². The third-order valence-corrected chi connectivity index (χ3v) is 5.59. The minimum Gasteiger partial charge on any atom is -0.381 e. The van der Waals surface area contributed by atoms with Crippen molar-refractivity contribution in [3.05, 3.63) is 24.3 Å². The highest BCUT2D eigenvalue weighted by Gasteiger charge is 2.25. The second kappa shape index (κ2) is 5.31. The Bertz CT molecular complexity index is 510. The van der Waals surface area contributed by atoms with E-state index in [4.69, 9.17) is 0 Å². The lowest BCUT2D eigenvalue weighted by Gasteiger charge is -2.20. The Morgan fingerprint density at radius 1 is 1.28 bits per heavy atom. The van der Waals surface area contributed by atoms with Crippen LogP contribution in [0.15, 0.2) is 29.2 Å². The lowest BCUT2D eigenvalue weighted by atomic mass is 10.1. The van der Waals surface area contributed by atoms with E-state index in [1.807, 2.05) is 12.1 Å². The van der Waals surface area contributed by atoms with E-state index < -0.39 is 9.84 Å². The van der Waals surface area contributed by atoms with Crippen molar-refractivity contribution in [3.8, 4) is 0 Å². The van der Waals surface area contributed by atoms with Gasteiger partial charge in [-0.25, -0.2) is 8.42 Å². The van der Waals surface area contributed by atoms with Crippen LogP contribution in [-0.2, 0) is 9.84 Å². The van der Waals surface area contributed by atoms with Crippen LogP contribution in [0.25, 0.3) is 0 Å². The quantitative estimate of drug-likeness (QED) is 0.912. The Kier molecular flexibility index (Phi) is 3.95. The molecule has 0 amide bonds. The van der Waals surface area contributed by atoms with Gasteiger partial charge in [-0.15, -0.1) is 0 Å². The molecule has 1 saturated carbocycles. The fourth-order valence-electron chi connectivity index (χ4n) is 2.57. The van der Waals surface area contributed by atoms with Crippen molar-refractivity contribution in [3.63, 3.8) is 0 Å². The predicted octanol–water partition coefficient (Wildman–Crippen LogP) is 3.08. The van der Waals surface area contributed by atoms with Gasteiger partial charge in [-0.05, 0) is 30.9 Å². The molecule has 1 fully saturated rings. The first kappa shape index (κ1) is 13.4. The zero-order valence-electron chi connectivity index (χ0n) is 11.0. The summed E-state index contributed by atoms with van der Waals surface area (Å²) >= 11 is 0. The molecule has 2 atom stereocenters. The first-order valence-corrected chi connectivity index (χ1v) is 8.28. The largest absolute Gasteiger partial charge is 0.381 e. The molecule has 1 aromatic carbocycles. The molecule has 0 radical (unpaired) electrons. The van der Waals surface area contributed by atoms with Gasteiger partial charge in [0.25, 0.3) is 0 Å². The summed E-state index contributed by atoms with van der Waals surface area (Å²) in [4.78, 5) is 0.437. The zero-order valence-corrected chi connectivity index (χ0v) is 11.8. The van der Waals surface area contributed by atoms with E-state index in [0.717, 1.165) is 12.1 Å². The number of para-hydroxylation sites is 1. The van der Waals surface area contributed by atoms with E-state index >= 15 is 0 Å². The van der Waals surface area contributed by atoms with Crippen LogP contribution >= 0.6 is 0 Å². The third kappa shape index (κ3) is 2.69. The maximum absolute atomic E-state index is 12.0. The molecule has 0 spiro atoms. The molecular formula is C14H21NO2S. The van der Waals surface area contributed by atoms with E-state index in [0.29, 0.717) is 16.9 Å². The summed E-state index contributed by atoms with van der Waals surface area (Å²) in [6, 6.07) is 7.63. The lowest BCUT2D eigenvalue weighted by molar-refractivity contribution is 0.554. The second-order valence-corrected chi connectivity index (χ2v) is 7.31. The van der Waals surface area contributed by atoms with E-state index in [1.54, 1.807) is 19.1 Å². The van der Waals surface area contributed by atoms with Crippen LogP contribution in [-0.4, -0.2) is 20.2 Å². The van der Waals surface area contributed by atoms with Crippen molar-refractivity contribution < 1.29 is 8.42 Å². The molecule has 4 heteroatoms. The number of hydrogen-bond donors (Lipinski definition) is 1. The van der Waals surface area contributed by atoms with Crippen molar-refractivity contribution in [2.45, 2.75) is 44.0 Å². The van der Waals surface area contributed by atoms with E-state index in [9.17, 15) is 8.42 Å². The molecule has 1 aliphatic rings. The average Bonchev–Trinajstić information content (AvgIpc) is 2.76. The number of rotatable bonds is 4. The summed E-state index contributed by atoms with van der Waals surface area (Å²) in [5, 5.41) is 3.42. The number of sulfone groups is 1. The summed E-state index contributed by atoms with van der Waals surface area (Å²) < 4.78 is 24.1. The number of anilines is 1. The predicted molar refractivity (Wildman–Crippen MR) is 74.6 cm³/mol. The normalized spacial score (nSPS) is 24.1. The highest BCUT2D eigenvalue weighted by atomic mass is 32.2. The van der Waals surface area contributed by atoms with Gasteiger partial charge in [0.15, 0.2) is 9.84 Å². The molecule has 0 aliphatic heterocycles. The second-order valence-electron chi connectivity index (χ2n) is 5.06. The SMILES string of the molecule is CCS(=O)(=O)c1ccccc1NC1CCCC1C. The Morgan fingerprint density at radius 2 is 2.00 bits per heavy atom. The minimum atomic E-state index is -3.15. The summed E-state index contributed by atoms with van der Waals surface area (Å²) in [6.45, 7) is 3.91. The Morgan fingerprint density at radius 3 is 2.61 bits per heavy atom. The van der Waals surface area contributed by atoms with Gasteiger partial charge >= 0.3 is 0 Å². The smallest absolute Gasteiger partial charge is 0.180 e. The molecule has 1 N–H and O–H groups in total. The van der Waals surface area contributed by atoms with Gasteiger partial charge in [0, 0.05) is 6.04 Å². The van der Waals surface area contributed by atoms with Gasteiger partial charge in [-0.3, -0.25) is 0 Å². The van der Waals surface area contributed by atoms with Crippen LogP contribution < -0.4 is 5.32 Å². The van der Waals surface area contributed by atoms with Crippen LogP contribution in [0.2, 0.25) is 0 Å². The van der Waals surface area contributed by atoms with E-state index in [-0.39, 0.29) is 5.75 Å². The molecule has 2 unspecified atom stereocenters. The molecule has 0 heterocycles. The molecule has 1 aromatic rings. The molecule has 0 saturated heterocycles. The van der Waals surface area contributed by atoms with Crippen LogP contribution in [0, 0.1) is 5.92 Å². The van der Waals surface area contributed by atoms with Crippen molar-refractivity contribution in [1.29, 1.82) is 0 Å². The number of nitrogens with one attached hydrogen (secondary N) is 1. The molecule has 100 valence electrons. The Labute approximate surface area is 110 Å². The molecule has 3 nitrogen and oxygen atoms in total. The van der Waals surface area contributed by atoms with Gasteiger partial charge in [-0.1, -0.05) is 32.4 Å². The number of hydrogen-bond acceptors (Lipinski definition) is 3. The fraction of sp³-hybridized carbons (Fsp3) is 0.571. The first-order chi connectivity index (χ1) is 8.54. The van der Waals surface area contributed by atoms with Gasteiger partial charge in [0.2, 0.25) is 0 Å². The number of benzene rings is 1. The summed E-state index contributed by atoms with van der Waals surface area (Å²) in [5.41, 5.74) is 0.762. The molecule has 2 rings (SSSR count). The molecule has 0 aromatic heterocycles. The lowest BCUT2D eigenvalue weighted by Crippen LogP contribution is -2.23. The molecule has 1 aliphatic carbocycles. The third-order valence-electron chi connectivity index (χ3n) is 3.80.